The van der Waals surface area contributed by atoms with E-state index in [2.05, 4.69) is 22.4 Å². The first-order valence-electron chi connectivity index (χ1n) is 6.91. The number of pyridine rings is 1. The molecule has 110 valence electrons. The number of nitrogens with zero attached hydrogens (tertiary/aromatic N) is 1. The zero-order valence-corrected chi connectivity index (χ0v) is 12.0. The summed E-state index contributed by atoms with van der Waals surface area (Å²) in [7, 11) is 0. The molecule has 5 N–H and O–H groups in total. The van der Waals surface area contributed by atoms with E-state index < -0.39 is 5.91 Å². The Bertz CT molecular complexity index is 613. The van der Waals surface area contributed by atoms with Crippen molar-refractivity contribution in [2.24, 2.45) is 5.73 Å². The number of amides is 1. The van der Waals surface area contributed by atoms with Crippen molar-refractivity contribution < 1.29 is 4.79 Å². The van der Waals surface area contributed by atoms with E-state index in [0.29, 0.717) is 16.9 Å². The minimum absolute atomic E-state index is 0.160. The maximum Gasteiger partial charge on any atom is 0.252 e. The first kappa shape index (κ1) is 14.8. The van der Waals surface area contributed by atoms with Crippen molar-refractivity contribution in [1.29, 1.82) is 0 Å². The maximum atomic E-state index is 11.4. The van der Waals surface area contributed by atoms with Crippen LogP contribution < -0.4 is 16.8 Å². The third-order valence-corrected chi connectivity index (χ3v) is 3.34. The van der Waals surface area contributed by atoms with E-state index in [9.17, 15) is 4.79 Å². The molecule has 2 aromatic rings. The molecule has 1 amide bonds. The van der Waals surface area contributed by atoms with Crippen LogP contribution in [0.3, 0.4) is 0 Å². The molecule has 5 heteroatoms. The third-order valence-electron chi connectivity index (χ3n) is 3.34. The Kier molecular flexibility index (Phi) is 4.77. The molecule has 0 radical (unpaired) electrons. The van der Waals surface area contributed by atoms with Crippen LogP contribution in [0.1, 0.15) is 29.3 Å². The Balaban J connectivity index is 2.03. The molecule has 0 aliphatic rings. The number of nitrogen functional groups attached to an aromatic ring is 1. The highest BCUT2D eigenvalue weighted by Crippen LogP contribution is 2.23. The molecule has 1 aromatic carbocycles. The predicted molar refractivity (Wildman–Crippen MR) is 85.0 cm³/mol. The van der Waals surface area contributed by atoms with Crippen LogP contribution in [0.25, 0.3) is 0 Å². The molecule has 0 aliphatic heterocycles. The molecule has 0 saturated heterocycles. The van der Waals surface area contributed by atoms with E-state index in [4.69, 9.17) is 11.5 Å². The van der Waals surface area contributed by atoms with Gasteiger partial charge in [-0.05, 0) is 25.3 Å². The van der Waals surface area contributed by atoms with Crippen molar-refractivity contribution in [2.45, 2.75) is 25.8 Å². The van der Waals surface area contributed by atoms with Crippen LogP contribution in [0.4, 0.5) is 11.4 Å². The Morgan fingerprint density at radius 3 is 2.67 bits per heavy atom. The number of nitrogens with two attached hydrogens (primary N) is 2. The Hall–Kier alpha value is -2.56. The van der Waals surface area contributed by atoms with E-state index in [0.717, 1.165) is 12.8 Å². The van der Waals surface area contributed by atoms with Crippen LogP contribution in [-0.4, -0.2) is 16.9 Å². The summed E-state index contributed by atoms with van der Waals surface area (Å²) in [6, 6.07) is 10.4. The Labute approximate surface area is 124 Å². The van der Waals surface area contributed by atoms with Crippen LogP contribution in [0.15, 0.2) is 42.7 Å². The van der Waals surface area contributed by atoms with Crippen LogP contribution in [0.2, 0.25) is 0 Å². The molecule has 5 nitrogen and oxygen atoms in total. The fraction of sp³-hybridized carbons (Fsp3) is 0.250. The van der Waals surface area contributed by atoms with Gasteiger partial charge in [-0.2, -0.15) is 0 Å². The zero-order chi connectivity index (χ0) is 15.2. The van der Waals surface area contributed by atoms with Crippen molar-refractivity contribution in [3.8, 4) is 0 Å². The molecule has 0 aliphatic carbocycles. The second-order valence-corrected chi connectivity index (χ2v) is 5.09. The summed E-state index contributed by atoms with van der Waals surface area (Å²) in [6.45, 7) is 2.05. The number of rotatable bonds is 6. The van der Waals surface area contributed by atoms with Gasteiger partial charge in [0.25, 0.3) is 5.91 Å². The number of primary amides is 1. The molecular formula is C16H20N4O. The first-order valence-corrected chi connectivity index (χ1v) is 6.91. The van der Waals surface area contributed by atoms with Crippen molar-refractivity contribution in [3.05, 3.63) is 53.9 Å². The smallest absolute Gasteiger partial charge is 0.252 e. The average molecular weight is 284 g/mol. The van der Waals surface area contributed by atoms with Crippen molar-refractivity contribution in [3.63, 3.8) is 0 Å². The lowest BCUT2D eigenvalue weighted by Crippen LogP contribution is -2.22. The number of carbonyl (C=O) groups excluding carboxylic acids is 1. The molecule has 0 saturated carbocycles. The number of hydrogen-bond acceptors (Lipinski definition) is 4. The molecule has 1 aromatic heterocycles. The van der Waals surface area contributed by atoms with Crippen LogP contribution in [0.5, 0.6) is 0 Å². The number of benzene rings is 1. The second kappa shape index (κ2) is 6.74. The highest BCUT2D eigenvalue weighted by atomic mass is 16.1. The van der Waals surface area contributed by atoms with Crippen molar-refractivity contribution in [2.75, 3.05) is 11.1 Å². The predicted octanol–water partition coefficient (Wildman–Crippen LogP) is 2.20. The SMILES string of the molecule is CC(CCc1ccccc1)Nc1c(N)cncc1C(N)=O. The van der Waals surface area contributed by atoms with Gasteiger partial charge in [0, 0.05) is 12.2 Å². The molecule has 0 fully saturated rings. The van der Waals surface area contributed by atoms with Crippen molar-refractivity contribution in [1.82, 2.24) is 4.98 Å². The van der Waals surface area contributed by atoms with Crippen LogP contribution in [0, 0.1) is 0 Å². The van der Waals surface area contributed by atoms with Crippen molar-refractivity contribution >= 4 is 17.3 Å². The standard InChI is InChI=1S/C16H20N4O/c1-11(7-8-12-5-3-2-4-6-12)20-15-13(16(18)21)9-19-10-14(15)17/h2-6,9-11H,7-8,17H2,1H3,(H2,18,21)(H,19,20). The van der Waals surface area contributed by atoms with Gasteiger partial charge >= 0.3 is 0 Å². The number of anilines is 2. The summed E-state index contributed by atoms with van der Waals surface area (Å²) in [5.74, 6) is -0.535. The lowest BCUT2D eigenvalue weighted by atomic mass is 10.1. The summed E-state index contributed by atoms with van der Waals surface area (Å²) >= 11 is 0. The summed E-state index contributed by atoms with van der Waals surface area (Å²) in [5.41, 5.74) is 13.8. The van der Waals surface area contributed by atoms with Gasteiger partial charge < -0.3 is 16.8 Å². The summed E-state index contributed by atoms with van der Waals surface area (Å²) in [5, 5.41) is 3.26. The topological polar surface area (TPSA) is 94.0 Å². The van der Waals surface area contributed by atoms with Gasteiger partial charge in [-0.25, -0.2) is 0 Å². The highest BCUT2D eigenvalue weighted by molar-refractivity contribution is 6.00. The van der Waals surface area contributed by atoms with Crippen LogP contribution in [-0.2, 0) is 6.42 Å². The number of aryl methyl sites for hydroxylation is 1. The fourth-order valence-electron chi connectivity index (χ4n) is 2.17. The molecule has 1 atom stereocenters. The van der Waals surface area contributed by atoms with Gasteiger partial charge in [0.05, 0.1) is 23.1 Å². The molecular weight excluding hydrogens is 264 g/mol. The summed E-state index contributed by atoms with van der Waals surface area (Å²) in [6.07, 6.45) is 4.82. The largest absolute Gasteiger partial charge is 0.396 e. The van der Waals surface area contributed by atoms with Gasteiger partial charge in [-0.15, -0.1) is 0 Å². The Morgan fingerprint density at radius 1 is 1.29 bits per heavy atom. The second-order valence-electron chi connectivity index (χ2n) is 5.09. The molecule has 1 heterocycles. The van der Waals surface area contributed by atoms with Gasteiger partial charge in [0.2, 0.25) is 0 Å². The zero-order valence-electron chi connectivity index (χ0n) is 12.0. The Morgan fingerprint density at radius 2 is 2.00 bits per heavy atom. The van der Waals surface area contributed by atoms with Gasteiger partial charge in [0.15, 0.2) is 0 Å². The van der Waals surface area contributed by atoms with E-state index in [1.165, 1.54) is 18.0 Å². The third kappa shape index (κ3) is 3.95. The van der Waals surface area contributed by atoms with Gasteiger partial charge in [0.1, 0.15) is 0 Å². The molecule has 1 unspecified atom stereocenters. The van der Waals surface area contributed by atoms with E-state index >= 15 is 0 Å². The normalized spacial score (nSPS) is 11.9. The number of hydrogen-bond donors (Lipinski definition) is 3. The minimum atomic E-state index is -0.535. The van der Waals surface area contributed by atoms with Gasteiger partial charge in [-0.3, -0.25) is 9.78 Å². The lowest BCUT2D eigenvalue weighted by Gasteiger charge is -2.18. The summed E-state index contributed by atoms with van der Waals surface area (Å²) in [4.78, 5) is 15.3. The fourth-order valence-corrected chi connectivity index (χ4v) is 2.17. The minimum Gasteiger partial charge on any atom is -0.396 e. The van der Waals surface area contributed by atoms with E-state index in [-0.39, 0.29) is 6.04 Å². The molecule has 0 bridgehead atoms. The molecule has 21 heavy (non-hydrogen) atoms. The van der Waals surface area contributed by atoms with Gasteiger partial charge in [-0.1, -0.05) is 30.3 Å². The number of carbonyl (C=O) groups is 1. The van der Waals surface area contributed by atoms with E-state index in [1.807, 2.05) is 25.1 Å². The maximum absolute atomic E-state index is 11.4. The van der Waals surface area contributed by atoms with E-state index in [1.54, 1.807) is 0 Å². The quantitative estimate of drug-likeness (QED) is 0.758. The first-order chi connectivity index (χ1) is 10.1. The lowest BCUT2D eigenvalue weighted by molar-refractivity contribution is 0.100. The average Bonchev–Trinajstić information content (AvgIpc) is 2.48. The summed E-state index contributed by atoms with van der Waals surface area (Å²) < 4.78 is 0. The molecule has 0 spiro atoms. The number of nitrogens with one attached hydrogen (secondary N) is 1. The highest BCUT2D eigenvalue weighted by Gasteiger charge is 2.14. The number of aromatic nitrogens is 1. The van der Waals surface area contributed by atoms with Crippen LogP contribution >= 0.6 is 0 Å². The molecule has 2 rings (SSSR count). The monoisotopic (exact) mass is 284 g/mol.